The van der Waals surface area contributed by atoms with Crippen LogP contribution in [0.4, 0.5) is 0 Å². The van der Waals surface area contributed by atoms with E-state index in [9.17, 15) is 0 Å². The van der Waals surface area contributed by atoms with Crippen molar-refractivity contribution in [2.75, 3.05) is 0 Å². The first-order chi connectivity index (χ1) is 13.3. The van der Waals surface area contributed by atoms with Crippen molar-refractivity contribution < 1.29 is 23.3 Å². The van der Waals surface area contributed by atoms with Gasteiger partial charge in [-0.15, -0.1) is 83.8 Å². The van der Waals surface area contributed by atoms with Crippen molar-refractivity contribution in [2.45, 2.75) is 0 Å². The summed E-state index contributed by atoms with van der Waals surface area (Å²) < 4.78 is 0. The molecule has 0 aliphatic heterocycles. The Morgan fingerprint density at radius 1 is 0.567 bits per heavy atom. The second kappa shape index (κ2) is 18.0. The molecular weight excluding hydrogens is 479 g/mol. The van der Waals surface area contributed by atoms with Crippen molar-refractivity contribution in [3.8, 4) is 0 Å². The summed E-state index contributed by atoms with van der Waals surface area (Å²) in [4.78, 5) is 0. The van der Waals surface area contributed by atoms with E-state index in [0.717, 1.165) is 5.56 Å². The fourth-order valence-corrected chi connectivity index (χ4v) is 2.62. The first-order valence-corrected chi connectivity index (χ1v) is 12.8. The summed E-state index contributed by atoms with van der Waals surface area (Å²) in [6.45, 7) is 6.78. The van der Waals surface area contributed by atoms with Crippen molar-refractivity contribution in [3.63, 3.8) is 0 Å². The first-order valence-electron chi connectivity index (χ1n) is 8.66. The van der Waals surface area contributed by atoms with Gasteiger partial charge in [0.2, 0.25) is 0 Å². The molecule has 0 saturated carbocycles. The summed E-state index contributed by atoms with van der Waals surface area (Å²) in [6.07, 6.45) is 0. The Labute approximate surface area is 205 Å². The van der Waals surface area contributed by atoms with Gasteiger partial charge in [0.05, 0.1) is 0 Å². The number of hydrogen-bond donors (Lipinski definition) is 0. The summed E-state index contributed by atoms with van der Waals surface area (Å²) in [5, 5.41) is 5.32. The molecule has 156 valence electrons. The quantitative estimate of drug-likeness (QED) is 0.148. The second-order valence-corrected chi connectivity index (χ2v) is 5.79. The monoisotopic (exact) mass is 505 g/mol. The standard InChI is InChI=1S/2C9H7.C7H7.2CH3.ClH.Si.Zr/c2*1-2-5-9-7-3-6-8(9)4-1;1-7-5-3-2-4-6-7;;;;;/h2*1-7H;2-6H,1H2;2*1H3;1H;;/q5*-1;;;. The molecule has 0 aromatic heterocycles. The van der Waals surface area contributed by atoms with Crippen LogP contribution in [0, 0.1) is 21.8 Å². The molecule has 0 fully saturated rings. The van der Waals surface area contributed by atoms with E-state index in [2.05, 4.69) is 98.7 Å². The molecule has 30 heavy (non-hydrogen) atoms. The molecule has 0 N–H and O–H groups in total. The SMILES string of the molecule is Cl.[CH2-]c1ccccc1.[CH3-].[CH3-].[Si]=[Zr].c1ccc2[cH-]ccc2c1.c1ccc2[cH-]ccc2c1. The summed E-state index contributed by atoms with van der Waals surface area (Å²) in [7, 11) is 0. The van der Waals surface area contributed by atoms with Crippen LogP contribution in [0.3, 0.4) is 0 Å². The molecule has 3 heteroatoms. The molecule has 0 aliphatic rings. The molecule has 0 heterocycles. The number of benzene rings is 3. The largest absolute Gasteiger partial charge is 0.168 e. The van der Waals surface area contributed by atoms with Gasteiger partial charge in [0.1, 0.15) is 0 Å². The Balaban J connectivity index is 0. The minimum Gasteiger partial charge on any atom is -0.168 e. The van der Waals surface area contributed by atoms with Crippen LogP contribution in [0.25, 0.3) is 21.5 Å². The molecule has 5 aromatic rings. The molecule has 0 unspecified atom stereocenters. The van der Waals surface area contributed by atoms with Crippen molar-refractivity contribution in [1.82, 2.24) is 0 Å². The van der Waals surface area contributed by atoms with Crippen molar-refractivity contribution >= 4 is 40.8 Å². The van der Waals surface area contributed by atoms with Crippen LogP contribution in [-0.4, -0.2) is 6.88 Å². The Morgan fingerprint density at radius 2 is 0.933 bits per heavy atom. The molecule has 5 aromatic carbocycles. The van der Waals surface area contributed by atoms with Gasteiger partial charge >= 0.3 is 30.2 Å². The maximum atomic E-state index is 3.72. The molecule has 0 nitrogen and oxygen atoms in total. The zero-order chi connectivity index (χ0) is 19.3. The summed E-state index contributed by atoms with van der Waals surface area (Å²) in [6, 6.07) is 39.2. The van der Waals surface area contributed by atoms with E-state index in [1.165, 1.54) is 44.9 Å². The minimum atomic E-state index is 0. The van der Waals surface area contributed by atoms with Crippen LogP contribution in [0.5, 0.6) is 0 Å². The Bertz CT molecular complexity index is 908. The molecule has 2 radical (unpaired) electrons. The van der Waals surface area contributed by atoms with Crippen LogP contribution in [0.2, 0.25) is 0 Å². The molecule has 0 atom stereocenters. The summed E-state index contributed by atoms with van der Waals surface area (Å²) in [5.74, 6) is 0. The van der Waals surface area contributed by atoms with Crippen LogP contribution < -0.4 is 0 Å². The van der Waals surface area contributed by atoms with E-state index in [1.807, 2.05) is 30.3 Å². The molecule has 0 bridgehead atoms. The molecule has 0 saturated heterocycles. The second-order valence-electron chi connectivity index (χ2n) is 5.79. The van der Waals surface area contributed by atoms with Gasteiger partial charge in [0.25, 0.3) is 0 Å². The summed E-state index contributed by atoms with van der Waals surface area (Å²) in [5.41, 5.74) is 1.07. The van der Waals surface area contributed by atoms with Crippen LogP contribution in [0.15, 0.2) is 115 Å². The van der Waals surface area contributed by atoms with Gasteiger partial charge in [-0.1, -0.05) is 18.2 Å². The Kier molecular flexibility index (Phi) is 18.2. The Morgan fingerprint density at radius 3 is 1.27 bits per heavy atom. The normalized spacial score (nSPS) is 8.23. The van der Waals surface area contributed by atoms with Gasteiger partial charge in [0, 0.05) is 0 Å². The van der Waals surface area contributed by atoms with Crippen molar-refractivity contribution in [2.24, 2.45) is 0 Å². The van der Waals surface area contributed by atoms with Gasteiger partial charge in [-0.3, -0.25) is 0 Å². The van der Waals surface area contributed by atoms with Crippen LogP contribution in [-0.2, 0) is 23.3 Å². The average Bonchev–Trinajstić information content (AvgIpc) is 3.40. The minimum absolute atomic E-state index is 0. The zero-order valence-electron chi connectivity index (χ0n) is 17.6. The van der Waals surface area contributed by atoms with Gasteiger partial charge in [-0.2, -0.15) is 59.7 Å². The third-order valence-corrected chi connectivity index (χ3v) is 3.94. The molecule has 0 aliphatic carbocycles. The fourth-order valence-electron chi connectivity index (χ4n) is 2.62. The van der Waals surface area contributed by atoms with Crippen molar-refractivity contribution in [3.05, 3.63) is 143 Å². The first kappa shape index (κ1) is 30.3. The number of rotatable bonds is 0. The molecular formula is C27H28ClSiZr-5. The third-order valence-electron chi connectivity index (χ3n) is 3.94. The predicted octanol–water partition coefficient (Wildman–Crippen LogP) is 7.93. The van der Waals surface area contributed by atoms with E-state index >= 15 is 0 Å². The van der Waals surface area contributed by atoms with Gasteiger partial charge in [-0.05, 0) is 0 Å². The molecule has 0 spiro atoms. The zero-order valence-corrected chi connectivity index (χ0v) is 21.9. The maximum Gasteiger partial charge on any atom is -0.0809 e. The van der Waals surface area contributed by atoms with E-state index in [4.69, 9.17) is 0 Å². The van der Waals surface area contributed by atoms with Gasteiger partial charge in [0.15, 0.2) is 0 Å². The number of fused-ring (bicyclic) bond motifs is 2. The topological polar surface area (TPSA) is 0 Å². The Hall–Kier alpha value is -1.86. The average molecular weight is 507 g/mol. The van der Waals surface area contributed by atoms with Crippen molar-refractivity contribution in [1.29, 1.82) is 0 Å². The van der Waals surface area contributed by atoms with Gasteiger partial charge < -0.3 is 14.9 Å². The third kappa shape index (κ3) is 10.3. The maximum absolute atomic E-state index is 3.72. The van der Waals surface area contributed by atoms with E-state index in [0.29, 0.717) is 0 Å². The van der Waals surface area contributed by atoms with E-state index < -0.39 is 0 Å². The molecule has 5 rings (SSSR count). The van der Waals surface area contributed by atoms with Crippen LogP contribution >= 0.6 is 12.4 Å². The van der Waals surface area contributed by atoms with Crippen LogP contribution in [0.1, 0.15) is 5.56 Å². The van der Waals surface area contributed by atoms with E-state index in [-0.39, 0.29) is 27.3 Å². The van der Waals surface area contributed by atoms with Gasteiger partial charge in [-0.25, -0.2) is 0 Å². The van der Waals surface area contributed by atoms with E-state index in [1.54, 1.807) is 0 Å². The fraction of sp³-hybridized carbons (Fsp3) is 0. The summed E-state index contributed by atoms with van der Waals surface area (Å²) >= 11 is 1.36. The molecule has 0 amide bonds. The number of hydrogen-bond acceptors (Lipinski definition) is 0. The predicted molar refractivity (Wildman–Crippen MR) is 136 cm³/mol. The smallest absolute Gasteiger partial charge is 0.0809 e. The number of halogens is 1.